The van der Waals surface area contributed by atoms with Crippen LogP contribution in [0, 0.1) is 6.92 Å². The maximum absolute atomic E-state index is 13.8. The van der Waals surface area contributed by atoms with Gasteiger partial charge in [0.05, 0.1) is 6.04 Å². The number of benzene rings is 3. The van der Waals surface area contributed by atoms with Crippen molar-refractivity contribution in [2.45, 2.75) is 76.5 Å². The molecule has 4 amide bonds. The number of nitrogens with one attached hydrogen (secondary N) is 2. The molecule has 3 aromatic carbocycles. The largest absolute Gasteiger partial charge is 0.508 e. The SMILES string of the molecule is CCc1cccc(C)c1C[C@H](NC(=O)[C@@H]1CCCN1C(=O)[C@@H](N)Cc1ccc(O)cc1)C(=O)N[C@@H](Cc1ccccc1)C(N)=O.Cl. The van der Waals surface area contributed by atoms with Crippen molar-refractivity contribution in [2.75, 3.05) is 6.54 Å². The van der Waals surface area contributed by atoms with Crippen molar-refractivity contribution in [3.63, 3.8) is 0 Å². The Balaban J connectivity index is 0.00000576. The monoisotopic (exact) mass is 649 g/mol. The average molecular weight is 650 g/mol. The molecule has 10 nitrogen and oxygen atoms in total. The molecular weight excluding hydrogens is 606 g/mol. The summed E-state index contributed by atoms with van der Waals surface area (Å²) in [5.74, 6) is -1.91. The van der Waals surface area contributed by atoms with Crippen molar-refractivity contribution >= 4 is 36.0 Å². The van der Waals surface area contributed by atoms with Gasteiger partial charge < -0.3 is 32.1 Å². The van der Waals surface area contributed by atoms with E-state index >= 15 is 0 Å². The van der Waals surface area contributed by atoms with Gasteiger partial charge >= 0.3 is 0 Å². The molecule has 0 aromatic heterocycles. The van der Waals surface area contributed by atoms with Crippen molar-refractivity contribution in [3.05, 3.63) is 101 Å². The summed E-state index contributed by atoms with van der Waals surface area (Å²) in [6.07, 6.45) is 2.44. The van der Waals surface area contributed by atoms with Gasteiger partial charge in [0.25, 0.3) is 0 Å². The summed E-state index contributed by atoms with van der Waals surface area (Å²) in [4.78, 5) is 54.9. The van der Waals surface area contributed by atoms with E-state index in [9.17, 15) is 24.3 Å². The zero-order valence-corrected chi connectivity index (χ0v) is 27.1. The predicted molar refractivity (Wildman–Crippen MR) is 179 cm³/mol. The molecule has 0 bridgehead atoms. The van der Waals surface area contributed by atoms with Gasteiger partial charge in [0, 0.05) is 19.4 Å². The second-order valence-electron chi connectivity index (χ2n) is 11.7. The van der Waals surface area contributed by atoms with Crippen molar-refractivity contribution in [2.24, 2.45) is 11.5 Å². The lowest BCUT2D eigenvalue weighted by atomic mass is 9.93. The molecule has 1 aliphatic rings. The van der Waals surface area contributed by atoms with Gasteiger partial charge in [0.2, 0.25) is 23.6 Å². The van der Waals surface area contributed by atoms with Gasteiger partial charge in [0.15, 0.2) is 0 Å². The first-order valence-corrected chi connectivity index (χ1v) is 15.4. The molecule has 3 aromatic rings. The number of hydrogen-bond acceptors (Lipinski definition) is 6. The van der Waals surface area contributed by atoms with Crippen LogP contribution in [0.4, 0.5) is 0 Å². The van der Waals surface area contributed by atoms with Crippen LogP contribution in [0.1, 0.15) is 47.6 Å². The van der Waals surface area contributed by atoms with E-state index in [0.717, 1.165) is 34.2 Å². The van der Waals surface area contributed by atoms with Crippen LogP contribution in [0.5, 0.6) is 5.75 Å². The van der Waals surface area contributed by atoms with Gasteiger partial charge in [-0.1, -0.05) is 67.6 Å². The Kier molecular flexibility index (Phi) is 13.1. The number of nitrogens with zero attached hydrogens (tertiary/aromatic N) is 1. The van der Waals surface area contributed by atoms with Crippen LogP contribution in [0.15, 0.2) is 72.8 Å². The average Bonchev–Trinajstić information content (AvgIpc) is 3.52. The highest BCUT2D eigenvalue weighted by Gasteiger charge is 2.38. The summed E-state index contributed by atoms with van der Waals surface area (Å²) in [5, 5.41) is 15.2. The topological polar surface area (TPSA) is 168 Å². The number of phenols is 1. The minimum absolute atomic E-state index is 0. The number of phenolic OH excluding ortho intramolecular Hbond substituents is 1. The van der Waals surface area contributed by atoms with E-state index in [1.165, 1.54) is 17.0 Å². The number of aromatic hydroxyl groups is 1. The quantitative estimate of drug-likeness (QED) is 0.191. The number of hydrogen-bond donors (Lipinski definition) is 5. The summed E-state index contributed by atoms with van der Waals surface area (Å²) in [5.41, 5.74) is 16.6. The lowest BCUT2D eigenvalue weighted by Crippen LogP contribution is -2.58. The Morgan fingerprint density at radius 1 is 0.891 bits per heavy atom. The van der Waals surface area contributed by atoms with Crippen LogP contribution in [0.3, 0.4) is 0 Å². The van der Waals surface area contributed by atoms with E-state index in [1.807, 2.05) is 62.4 Å². The Hall–Kier alpha value is -4.41. The molecule has 11 heteroatoms. The van der Waals surface area contributed by atoms with Crippen LogP contribution in [0.2, 0.25) is 0 Å². The number of halogens is 1. The minimum Gasteiger partial charge on any atom is -0.508 e. The zero-order chi connectivity index (χ0) is 32.5. The first-order valence-electron chi connectivity index (χ1n) is 15.4. The van der Waals surface area contributed by atoms with Crippen molar-refractivity contribution in [1.82, 2.24) is 15.5 Å². The first-order chi connectivity index (χ1) is 21.6. The predicted octanol–water partition coefficient (Wildman–Crippen LogP) is 2.49. The highest BCUT2D eigenvalue weighted by molar-refractivity contribution is 5.95. The fraction of sp³-hybridized carbons (Fsp3) is 0.371. The third-order valence-corrected chi connectivity index (χ3v) is 8.42. The molecule has 46 heavy (non-hydrogen) atoms. The molecular formula is C35H44ClN5O5. The van der Waals surface area contributed by atoms with E-state index in [-0.39, 0.29) is 43.3 Å². The maximum Gasteiger partial charge on any atom is 0.243 e. The summed E-state index contributed by atoms with van der Waals surface area (Å²) < 4.78 is 0. The number of carbonyl (C=O) groups is 4. The van der Waals surface area contributed by atoms with E-state index in [4.69, 9.17) is 11.5 Å². The summed E-state index contributed by atoms with van der Waals surface area (Å²) in [6.45, 7) is 4.35. The molecule has 1 fully saturated rings. The molecule has 1 aliphatic heterocycles. The molecule has 246 valence electrons. The third-order valence-electron chi connectivity index (χ3n) is 8.42. The zero-order valence-electron chi connectivity index (χ0n) is 26.3. The highest BCUT2D eigenvalue weighted by Crippen LogP contribution is 2.22. The van der Waals surface area contributed by atoms with Gasteiger partial charge in [-0.3, -0.25) is 19.2 Å². The van der Waals surface area contributed by atoms with E-state index in [2.05, 4.69) is 10.6 Å². The van der Waals surface area contributed by atoms with Crippen molar-refractivity contribution in [3.8, 4) is 5.75 Å². The lowest BCUT2D eigenvalue weighted by molar-refractivity contribution is -0.140. The molecule has 4 rings (SSSR count). The second-order valence-corrected chi connectivity index (χ2v) is 11.7. The van der Waals surface area contributed by atoms with Gasteiger partial charge in [0.1, 0.15) is 23.9 Å². The number of amides is 4. The van der Waals surface area contributed by atoms with Crippen LogP contribution in [-0.2, 0) is 44.9 Å². The summed E-state index contributed by atoms with van der Waals surface area (Å²) in [7, 11) is 0. The van der Waals surface area contributed by atoms with Crippen molar-refractivity contribution < 1.29 is 24.3 Å². The van der Waals surface area contributed by atoms with Crippen molar-refractivity contribution in [1.29, 1.82) is 0 Å². The maximum atomic E-state index is 13.8. The number of likely N-dealkylation sites (tertiary alicyclic amines) is 1. The number of aryl methyl sites for hydroxylation is 2. The van der Waals surface area contributed by atoms with Gasteiger partial charge in [-0.2, -0.15) is 0 Å². The number of primary amides is 1. The van der Waals surface area contributed by atoms with E-state index < -0.39 is 41.9 Å². The molecule has 1 heterocycles. The first kappa shape index (κ1) is 36.1. The Morgan fingerprint density at radius 3 is 2.22 bits per heavy atom. The molecule has 0 spiro atoms. The van der Waals surface area contributed by atoms with Gasteiger partial charge in [-0.25, -0.2) is 0 Å². The smallest absolute Gasteiger partial charge is 0.243 e. The Labute approximate surface area is 276 Å². The van der Waals surface area contributed by atoms with Crippen LogP contribution in [0.25, 0.3) is 0 Å². The lowest BCUT2D eigenvalue weighted by Gasteiger charge is -2.29. The Bertz CT molecular complexity index is 1500. The summed E-state index contributed by atoms with van der Waals surface area (Å²) in [6, 6.07) is 17.9. The number of nitrogens with two attached hydrogens (primary N) is 2. The third kappa shape index (κ3) is 9.31. The minimum atomic E-state index is -1.02. The molecule has 0 saturated carbocycles. The summed E-state index contributed by atoms with van der Waals surface area (Å²) >= 11 is 0. The molecule has 0 aliphatic carbocycles. The standard InChI is InChI=1S/C35H43N5O5.ClH/c1-3-25-12-7-9-22(2)27(25)21-30(33(43)38-29(32(37)42)20-23-10-5-4-6-11-23)39-34(44)31-13-8-18-40(31)35(45)28(36)19-24-14-16-26(41)17-15-24;/h4-7,9-12,14-17,28-31,41H,3,8,13,18-21,36H2,1-2H3,(H2,37,42)(H,38,43)(H,39,44);1H/t28-,29-,30-,31-;/m0./s1. The van der Waals surface area contributed by atoms with E-state index in [0.29, 0.717) is 19.4 Å². The highest BCUT2D eigenvalue weighted by atomic mass is 35.5. The molecule has 0 radical (unpaired) electrons. The van der Waals surface area contributed by atoms with Crippen LogP contribution < -0.4 is 22.1 Å². The Morgan fingerprint density at radius 2 is 1.57 bits per heavy atom. The fourth-order valence-electron chi connectivity index (χ4n) is 5.90. The number of carbonyl (C=O) groups excluding carboxylic acids is 4. The normalized spacial score (nSPS) is 16.1. The van der Waals surface area contributed by atoms with E-state index in [1.54, 1.807) is 12.1 Å². The van der Waals surface area contributed by atoms with Crippen LogP contribution in [-0.4, -0.2) is 64.3 Å². The molecule has 7 N–H and O–H groups in total. The van der Waals surface area contributed by atoms with Crippen LogP contribution >= 0.6 is 12.4 Å². The molecule has 0 unspecified atom stereocenters. The van der Waals surface area contributed by atoms with Gasteiger partial charge in [-0.15, -0.1) is 12.4 Å². The molecule has 4 atom stereocenters. The van der Waals surface area contributed by atoms with Gasteiger partial charge in [-0.05, 0) is 72.6 Å². The fourth-order valence-corrected chi connectivity index (χ4v) is 5.90. The second kappa shape index (κ2) is 16.8. The molecule has 1 saturated heterocycles. The number of rotatable bonds is 13.